The molecule has 0 aromatic carbocycles. The van der Waals surface area contributed by atoms with Crippen LogP contribution in [0.15, 0.2) is 0 Å². The lowest BCUT2D eigenvalue weighted by Gasteiger charge is -2.44. The molecule has 2 rings (SSSR count). The Morgan fingerprint density at radius 3 is 2.59 bits per heavy atom. The molecular weight excluding hydrogens is 232 g/mol. The maximum Gasteiger partial charge on any atom is 0.0472 e. The van der Waals surface area contributed by atoms with E-state index >= 15 is 0 Å². The summed E-state index contributed by atoms with van der Waals surface area (Å²) in [5, 5.41) is 0. The largest absolute Gasteiger partial charge is 0.381 e. The summed E-state index contributed by atoms with van der Waals surface area (Å²) in [5.41, 5.74) is 0.400. The number of nitrogens with zero attached hydrogens (tertiary/aromatic N) is 2. The smallest absolute Gasteiger partial charge is 0.0472 e. The number of hydrogen-bond acceptors (Lipinski definition) is 4. The first-order chi connectivity index (χ1) is 8.15. The molecule has 2 saturated heterocycles. The van der Waals surface area contributed by atoms with E-state index in [1.807, 2.05) is 0 Å². The molecule has 2 aliphatic heterocycles. The monoisotopic (exact) mass is 258 g/mol. The van der Waals surface area contributed by atoms with Crippen molar-refractivity contribution >= 4 is 12.6 Å². The second-order valence-corrected chi connectivity index (χ2v) is 6.15. The Morgan fingerprint density at radius 1 is 1.29 bits per heavy atom. The van der Waals surface area contributed by atoms with E-state index < -0.39 is 0 Å². The van der Waals surface area contributed by atoms with Gasteiger partial charge < -0.3 is 9.64 Å². The number of thiol groups is 1. The minimum atomic E-state index is 0.400. The van der Waals surface area contributed by atoms with Gasteiger partial charge in [0.1, 0.15) is 0 Å². The predicted molar refractivity (Wildman–Crippen MR) is 74.9 cm³/mol. The highest BCUT2D eigenvalue weighted by Crippen LogP contribution is 2.33. The minimum absolute atomic E-state index is 0.400. The van der Waals surface area contributed by atoms with Gasteiger partial charge in [-0.2, -0.15) is 12.6 Å². The molecule has 2 aliphatic rings. The molecular formula is C13H26N2OS. The van der Waals surface area contributed by atoms with Gasteiger partial charge in [-0.25, -0.2) is 0 Å². The van der Waals surface area contributed by atoms with Crippen LogP contribution in [-0.4, -0.2) is 68.0 Å². The first-order valence-electron chi connectivity index (χ1n) is 6.76. The third kappa shape index (κ3) is 3.37. The summed E-state index contributed by atoms with van der Waals surface area (Å²) in [7, 11) is 2.23. The lowest BCUT2D eigenvalue weighted by atomic mass is 9.81. The van der Waals surface area contributed by atoms with Gasteiger partial charge in [0.2, 0.25) is 0 Å². The topological polar surface area (TPSA) is 15.7 Å². The van der Waals surface area contributed by atoms with Gasteiger partial charge in [0.15, 0.2) is 0 Å². The number of piperazine rings is 1. The first kappa shape index (κ1) is 13.7. The van der Waals surface area contributed by atoms with E-state index in [2.05, 4.69) is 36.4 Å². The zero-order valence-corrected chi connectivity index (χ0v) is 12.1. The molecule has 1 unspecified atom stereocenters. The number of hydrogen-bond donors (Lipinski definition) is 1. The van der Waals surface area contributed by atoms with Crippen molar-refractivity contribution < 1.29 is 4.74 Å². The lowest BCUT2D eigenvalue weighted by Crippen LogP contribution is -2.53. The van der Waals surface area contributed by atoms with Gasteiger partial charge in [-0.1, -0.05) is 0 Å². The Labute approximate surface area is 111 Å². The van der Waals surface area contributed by atoms with E-state index in [1.165, 1.54) is 39.0 Å². The van der Waals surface area contributed by atoms with Crippen molar-refractivity contribution in [2.24, 2.45) is 5.41 Å². The van der Waals surface area contributed by atoms with Crippen LogP contribution in [0.1, 0.15) is 19.8 Å². The second-order valence-electron chi connectivity index (χ2n) is 5.84. The fourth-order valence-electron chi connectivity index (χ4n) is 2.91. The molecule has 4 heteroatoms. The Balaban J connectivity index is 1.90. The molecule has 0 radical (unpaired) electrons. The van der Waals surface area contributed by atoms with Crippen molar-refractivity contribution in [2.75, 3.05) is 52.2 Å². The molecule has 1 atom stereocenters. The Morgan fingerprint density at radius 2 is 2.00 bits per heavy atom. The molecule has 0 spiro atoms. The Kier molecular flexibility index (Phi) is 4.75. The van der Waals surface area contributed by atoms with Crippen molar-refractivity contribution in [1.82, 2.24) is 9.80 Å². The average molecular weight is 258 g/mol. The van der Waals surface area contributed by atoms with E-state index in [0.29, 0.717) is 11.5 Å². The summed E-state index contributed by atoms with van der Waals surface area (Å²) in [5.74, 6) is 0.997. The van der Waals surface area contributed by atoms with Crippen molar-refractivity contribution in [3.63, 3.8) is 0 Å². The van der Waals surface area contributed by atoms with Crippen LogP contribution in [0.4, 0.5) is 0 Å². The van der Waals surface area contributed by atoms with Crippen LogP contribution < -0.4 is 0 Å². The summed E-state index contributed by atoms with van der Waals surface area (Å²) < 4.78 is 5.49. The standard InChI is InChI=1S/C13H26N2OS/c1-12-9-15(6-5-14(12)2)10-13(11-17)3-7-16-8-4-13/h12,17H,3-11H2,1-2H3. The normalized spacial score (nSPS) is 31.6. The number of ether oxygens (including phenoxy) is 1. The van der Waals surface area contributed by atoms with Crippen LogP contribution in [0.25, 0.3) is 0 Å². The van der Waals surface area contributed by atoms with Crippen molar-refractivity contribution in [1.29, 1.82) is 0 Å². The van der Waals surface area contributed by atoms with E-state index in [9.17, 15) is 0 Å². The van der Waals surface area contributed by atoms with E-state index in [1.54, 1.807) is 0 Å². The molecule has 100 valence electrons. The molecule has 0 aliphatic carbocycles. The highest BCUT2D eigenvalue weighted by atomic mass is 32.1. The zero-order valence-electron chi connectivity index (χ0n) is 11.2. The summed E-state index contributed by atoms with van der Waals surface area (Å²) >= 11 is 4.60. The molecule has 0 amide bonds. The predicted octanol–water partition coefficient (Wildman–Crippen LogP) is 1.35. The second kappa shape index (κ2) is 5.91. The van der Waals surface area contributed by atoms with Crippen LogP contribution in [0.2, 0.25) is 0 Å². The summed E-state index contributed by atoms with van der Waals surface area (Å²) in [6.07, 6.45) is 2.36. The van der Waals surface area contributed by atoms with Crippen LogP contribution in [-0.2, 0) is 4.74 Å². The third-order valence-electron chi connectivity index (χ3n) is 4.49. The molecule has 0 bridgehead atoms. The van der Waals surface area contributed by atoms with Crippen LogP contribution in [0.3, 0.4) is 0 Å². The molecule has 0 saturated carbocycles. The van der Waals surface area contributed by atoms with E-state index in [-0.39, 0.29) is 0 Å². The molecule has 2 heterocycles. The quantitative estimate of drug-likeness (QED) is 0.770. The van der Waals surface area contributed by atoms with Gasteiger partial charge in [0.25, 0.3) is 0 Å². The number of likely N-dealkylation sites (N-methyl/N-ethyl adjacent to an activating group) is 1. The van der Waals surface area contributed by atoms with E-state index in [4.69, 9.17) is 4.74 Å². The maximum absolute atomic E-state index is 5.49. The summed E-state index contributed by atoms with van der Waals surface area (Å²) in [6.45, 7) is 8.97. The van der Waals surface area contributed by atoms with Gasteiger partial charge in [-0.3, -0.25) is 4.90 Å². The van der Waals surface area contributed by atoms with Crippen molar-refractivity contribution in [2.45, 2.75) is 25.8 Å². The fraction of sp³-hybridized carbons (Fsp3) is 1.00. The molecule has 17 heavy (non-hydrogen) atoms. The van der Waals surface area contributed by atoms with Crippen molar-refractivity contribution in [3.8, 4) is 0 Å². The Hall–Kier alpha value is 0.230. The molecule has 0 aromatic rings. The van der Waals surface area contributed by atoms with Crippen LogP contribution >= 0.6 is 12.6 Å². The Bertz CT molecular complexity index is 244. The highest BCUT2D eigenvalue weighted by molar-refractivity contribution is 7.80. The van der Waals surface area contributed by atoms with E-state index in [0.717, 1.165) is 19.0 Å². The van der Waals surface area contributed by atoms with Crippen LogP contribution in [0.5, 0.6) is 0 Å². The van der Waals surface area contributed by atoms with Crippen molar-refractivity contribution in [3.05, 3.63) is 0 Å². The highest BCUT2D eigenvalue weighted by Gasteiger charge is 2.34. The third-order valence-corrected chi connectivity index (χ3v) is 5.16. The van der Waals surface area contributed by atoms with Gasteiger partial charge in [0, 0.05) is 45.4 Å². The average Bonchev–Trinajstić information content (AvgIpc) is 2.35. The SMILES string of the molecule is CC1CN(CC2(CS)CCOCC2)CCN1C. The zero-order chi connectivity index (χ0) is 12.3. The van der Waals surface area contributed by atoms with Crippen LogP contribution in [0, 0.1) is 5.41 Å². The number of rotatable bonds is 3. The summed E-state index contributed by atoms with van der Waals surface area (Å²) in [4.78, 5) is 5.08. The first-order valence-corrected chi connectivity index (χ1v) is 7.40. The molecule has 0 aromatic heterocycles. The van der Waals surface area contributed by atoms with Gasteiger partial charge >= 0.3 is 0 Å². The van der Waals surface area contributed by atoms with Gasteiger partial charge in [-0.15, -0.1) is 0 Å². The maximum atomic E-state index is 5.49. The van der Waals surface area contributed by atoms with Gasteiger partial charge in [-0.05, 0) is 38.0 Å². The van der Waals surface area contributed by atoms with Gasteiger partial charge in [0.05, 0.1) is 0 Å². The molecule has 2 fully saturated rings. The molecule has 3 nitrogen and oxygen atoms in total. The molecule has 0 N–H and O–H groups in total. The fourth-order valence-corrected chi connectivity index (χ4v) is 3.33. The summed E-state index contributed by atoms with van der Waals surface area (Å²) in [6, 6.07) is 0.681. The minimum Gasteiger partial charge on any atom is -0.381 e. The lowest BCUT2D eigenvalue weighted by molar-refractivity contribution is -0.00542.